The second kappa shape index (κ2) is 12.3. The van der Waals surface area contributed by atoms with E-state index >= 15 is 0 Å². The third-order valence-electron chi connectivity index (χ3n) is 12.6. The van der Waals surface area contributed by atoms with Crippen molar-refractivity contribution in [3.8, 4) is 27.9 Å². The average molecular weight is 743 g/mol. The number of nitrogens with zero attached hydrogens (tertiary/aromatic N) is 2. The zero-order valence-electron chi connectivity index (χ0n) is 32.3. The minimum atomic E-state index is -0.0496. The molecule has 3 nitrogen and oxygen atoms in total. The molecule has 1 aliphatic carbocycles. The van der Waals surface area contributed by atoms with Crippen molar-refractivity contribution in [3.05, 3.63) is 205 Å². The third-order valence-corrected chi connectivity index (χ3v) is 12.6. The maximum Gasteiger partial charge on any atom is 0.137 e. The molecule has 9 aromatic carbocycles. The predicted octanol–water partition coefficient (Wildman–Crippen LogP) is 15.3. The third kappa shape index (κ3) is 4.80. The lowest BCUT2D eigenvalue weighted by Crippen LogP contribution is -2.15. The van der Waals surface area contributed by atoms with Crippen molar-refractivity contribution in [2.24, 2.45) is 0 Å². The second-order valence-corrected chi connectivity index (χ2v) is 16.1. The van der Waals surface area contributed by atoms with Crippen LogP contribution in [0.5, 0.6) is 0 Å². The van der Waals surface area contributed by atoms with Crippen LogP contribution in [0, 0.1) is 0 Å². The Morgan fingerprint density at radius 2 is 1.03 bits per heavy atom. The summed E-state index contributed by atoms with van der Waals surface area (Å²) in [6.45, 7) is 4.68. The predicted molar refractivity (Wildman–Crippen MR) is 243 cm³/mol. The summed E-state index contributed by atoms with van der Waals surface area (Å²) < 4.78 is 8.99. The molecule has 0 amide bonds. The van der Waals surface area contributed by atoms with Gasteiger partial charge in [0.1, 0.15) is 11.2 Å². The number of furan rings is 1. The number of rotatable bonds is 5. The van der Waals surface area contributed by atoms with Gasteiger partial charge in [-0.05, 0) is 105 Å². The van der Waals surface area contributed by atoms with Crippen molar-refractivity contribution < 1.29 is 4.42 Å². The topological polar surface area (TPSA) is 21.3 Å². The molecular weight excluding hydrogens is 705 g/mol. The van der Waals surface area contributed by atoms with Gasteiger partial charge < -0.3 is 13.9 Å². The van der Waals surface area contributed by atoms with Crippen molar-refractivity contribution in [1.29, 1.82) is 0 Å². The summed E-state index contributed by atoms with van der Waals surface area (Å²) >= 11 is 0. The van der Waals surface area contributed by atoms with Crippen molar-refractivity contribution in [3.63, 3.8) is 0 Å². The van der Waals surface area contributed by atoms with Gasteiger partial charge in [0.25, 0.3) is 0 Å². The molecule has 0 fully saturated rings. The smallest absolute Gasteiger partial charge is 0.137 e. The molecule has 0 atom stereocenters. The molecule has 58 heavy (non-hydrogen) atoms. The van der Waals surface area contributed by atoms with Gasteiger partial charge in [0.15, 0.2) is 0 Å². The highest BCUT2D eigenvalue weighted by Crippen LogP contribution is 2.51. The quantitative estimate of drug-likeness (QED) is 0.175. The van der Waals surface area contributed by atoms with Gasteiger partial charge >= 0.3 is 0 Å². The fourth-order valence-electron chi connectivity index (χ4n) is 9.77. The summed E-state index contributed by atoms with van der Waals surface area (Å²) in [6, 6.07) is 70.6. The van der Waals surface area contributed by atoms with Crippen LogP contribution in [0.4, 0.5) is 17.1 Å². The molecule has 0 bridgehead atoms. The molecule has 3 heteroatoms. The molecule has 11 aromatic rings. The first-order valence-corrected chi connectivity index (χ1v) is 20.1. The number of hydrogen-bond acceptors (Lipinski definition) is 2. The van der Waals surface area contributed by atoms with E-state index in [0.29, 0.717) is 0 Å². The van der Waals surface area contributed by atoms with E-state index in [-0.39, 0.29) is 5.41 Å². The standard InChI is InChI=1S/C55H38N2O/c1-55(2)48-18-8-5-15-42(48)47-33-39(28-31-49(47)55)56(50-21-11-13-36-12-3-4-14-41(36)50)38-25-22-35(23-26-38)37-24-29-45-46-30-27-40(34-54(46)58-53(45)32-37)57-51-19-9-6-16-43(51)44-17-7-10-20-52(44)57/h3-34H,1-2H3. The number of anilines is 3. The van der Waals surface area contributed by atoms with E-state index in [0.717, 1.165) is 55.8 Å². The van der Waals surface area contributed by atoms with E-state index in [9.17, 15) is 0 Å². The fraction of sp³-hybridized carbons (Fsp3) is 0.0545. The van der Waals surface area contributed by atoms with Gasteiger partial charge in [-0.25, -0.2) is 0 Å². The van der Waals surface area contributed by atoms with Crippen LogP contribution >= 0.6 is 0 Å². The Balaban J connectivity index is 0.945. The molecule has 2 aromatic heterocycles. The summed E-state index contributed by atoms with van der Waals surface area (Å²) in [6.07, 6.45) is 0. The molecule has 0 spiro atoms. The summed E-state index contributed by atoms with van der Waals surface area (Å²) in [4.78, 5) is 2.41. The Kier molecular flexibility index (Phi) is 6.98. The summed E-state index contributed by atoms with van der Waals surface area (Å²) in [5, 5.41) is 7.17. The van der Waals surface area contributed by atoms with Crippen LogP contribution in [0.25, 0.3) is 82.5 Å². The first-order chi connectivity index (χ1) is 28.5. The summed E-state index contributed by atoms with van der Waals surface area (Å²) in [5.74, 6) is 0. The number of benzene rings is 9. The minimum absolute atomic E-state index is 0.0496. The molecule has 0 saturated carbocycles. The first kappa shape index (κ1) is 32.8. The Morgan fingerprint density at radius 1 is 0.431 bits per heavy atom. The highest BCUT2D eigenvalue weighted by molar-refractivity contribution is 6.10. The highest BCUT2D eigenvalue weighted by atomic mass is 16.3. The van der Waals surface area contributed by atoms with E-state index in [4.69, 9.17) is 4.42 Å². The molecular formula is C55H38N2O. The summed E-state index contributed by atoms with van der Waals surface area (Å²) in [5.41, 5.74) is 16.2. The van der Waals surface area contributed by atoms with E-state index < -0.39 is 0 Å². The lowest BCUT2D eigenvalue weighted by Gasteiger charge is -2.28. The van der Waals surface area contributed by atoms with Gasteiger partial charge in [-0.15, -0.1) is 0 Å². The Morgan fingerprint density at radius 3 is 1.83 bits per heavy atom. The maximum atomic E-state index is 6.65. The Hall–Kier alpha value is -7.36. The Bertz CT molecular complexity index is 3380. The molecule has 274 valence electrons. The molecule has 1 aliphatic rings. The summed E-state index contributed by atoms with van der Waals surface area (Å²) in [7, 11) is 0. The second-order valence-electron chi connectivity index (χ2n) is 16.1. The Labute approximate surface area is 336 Å². The van der Waals surface area contributed by atoms with Crippen LogP contribution < -0.4 is 4.90 Å². The highest BCUT2D eigenvalue weighted by Gasteiger charge is 2.35. The van der Waals surface area contributed by atoms with Gasteiger partial charge in [0, 0.05) is 55.5 Å². The minimum Gasteiger partial charge on any atom is -0.456 e. The zero-order valence-corrected chi connectivity index (χ0v) is 32.3. The lowest BCUT2D eigenvalue weighted by atomic mass is 9.82. The normalized spacial score (nSPS) is 13.1. The van der Waals surface area contributed by atoms with Crippen LogP contribution in [0.15, 0.2) is 199 Å². The molecule has 2 heterocycles. The van der Waals surface area contributed by atoms with Gasteiger partial charge in [-0.1, -0.05) is 135 Å². The SMILES string of the molecule is CC1(C)c2ccccc2-c2cc(N(c3ccc(-c4ccc5c(c4)oc4cc(-n6c7ccccc7c7ccccc76)ccc45)cc3)c3cccc4ccccc34)ccc21. The van der Waals surface area contributed by atoms with Crippen molar-refractivity contribution in [1.82, 2.24) is 4.57 Å². The number of hydrogen-bond donors (Lipinski definition) is 0. The van der Waals surface area contributed by atoms with Crippen molar-refractivity contribution >= 4 is 71.6 Å². The van der Waals surface area contributed by atoms with Crippen molar-refractivity contribution in [2.45, 2.75) is 19.3 Å². The first-order valence-electron chi connectivity index (χ1n) is 20.1. The molecule has 12 rings (SSSR count). The molecule has 0 radical (unpaired) electrons. The number of fused-ring (bicyclic) bond motifs is 10. The van der Waals surface area contributed by atoms with Gasteiger partial charge in [-0.3, -0.25) is 0 Å². The molecule has 0 unspecified atom stereocenters. The number of para-hydroxylation sites is 2. The number of aromatic nitrogens is 1. The molecule has 0 saturated heterocycles. The van der Waals surface area contributed by atoms with Gasteiger partial charge in [-0.2, -0.15) is 0 Å². The van der Waals surface area contributed by atoms with Gasteiger partial charge in [0.2, 0.25) is 0 Å². The zero-order chi connectivity index (χ0) is 38.5. The molecule has 0 aliphatic heterocycles. The van der Waals surface area contributed by atoms with E-state index in [1.807, 2.05) is 0 Å². The van der Waals surface area contributed by atoms with E-state index in [1.54, 1.807) is 0 Å². The average Bonchev–Trinajstić information content (AvgIpc) is 3.88. The maximum absolute atomic E-state index is 6.65. The van der Waals surface area contributed by atoms with Crippen molar-refractivity contribution in [2.75, 3.05) is 4.90 Å². The van der Waals surface area contributed by atoms with Crippen LogP contribution in [0.2, 0.25) is 0 Å². The van der Waals surface area contributed by atoms with E-state index in [1.165, 1.54) is 54.8 Å². The van der Waals surface area contributed by atoms with Crippen LogP contribution in [-0.2, 0) is 5.41 Å². The van der Waals surface area contributed by atoms with Gasteiger partial charge in [0.05, 0.1) is 16.7 Å². The monoisotopic (exact) mass is 742 g/mol. The fourth-order valence-corrected chi connectivity index (χ4v) is 9.77. The van der Waals surface area contributed by atoms with Crippen LogP contribution in [0.3, 0.4) is 0 Å². The molecule has 0 N–H and O–H groups in total. The van der Waals surface area contributed by atoms with Crippen LogP contribution in [-0.4, -0.2) is 4.57 Å². The van der Waals surface area contributed by atoms with Crippen LogP contribution in [0.1, 0.15) is 25.0 Å². The lowest BCUT2D eigenvalue weighted by molar-refractivity contribution is 0.660. The van der Waals surface area contributed by atoms with E-state index in [2.05, 4.69) is 217 Å². The largest absolute Gasteiger partial charge is 0.456 e.